The SMILES string of the molecule is CCCCC(O)C(O)CC(O)CCO. The molecule has 0 saturated heterocycles. The molecule has 0 radical (unpaired) electrons. The lowest BCUT2D eigenvalue weighted by atomic mass is 10.0. The van der Waals surface area contributed by atoms with Crippen molar-refractivity contribution in [3.63, 3.8) is 0 Å². The highest BCUT2D eigenvalue weighted by atomic mass is 16.3. The van der Waals surface area contributed by atoms with Gasteiger partial charge in [0, 0.05) is 13.0 Å². The standard InChI is InChI=1S/C10H22O4/c1-2-3-4-9(13)10(14)7-8(12)5-6-11/h8-14H,2-7H2,1H3. The average Bonchev–Trinajstić information content (AvgIpc) is 2.14. The molecule has 0 bridgehead atoms. The summed E-state index contributed by atoms with van der Waals surface area (Å²) in [5.41, 5.74) is 0. The van der Waals surface area contributed by atoms with Crippen LogP contribution in [0.5, 0.6) is 0 Å². The Labute approximate surface area is 85.2 Å². The van der Waals surface area contributed by atoms with E-state index in [1.165, 1.54) is 0 Å². The first kappa shape index (κ1) is 13.8. The minimum absolute atomic E-state index is 0.0983. The summed E-state index contributed by atoms with van der Waals surface area (Å²) in [6.45, 7) is 1.92. The largest absolute Gasteiger partial charge is 0.396 e. The maximum Gasteiger partial charge on any atom is 0.0823 e. The van der Waals surface area contributed by atoms with E-state index in [1.807, 2.05) is 6.92 Å². The molecule has 4 nitrogen and oxygen atoms in total. The van der Waals surface area contributed by atoms with Crippen molar-refractivity contribution in [2.45, 2.75) is 57.3 Å². The lowest BCUT2D eigenvalue weighted by Gasteiger charge is -2.20. The van der Waals surface area contributed by atoms with Gasteiger partial charge >= 0.3 is 0 Å². The van der Waals surface area contributed by atoms with Gasteiger partial charge in [-0.2, -0.15) is 0 Å². The summed E-state index contributed by atoms with van der Waals surface area (Å²) >= 11 is 0. The van der Waals surface area contributed by atoms with Crippen LogP contribution in [0.15, 0.2) is 0 Å². The molecule has 0 fully saturated rings. The third-order valence-electron chi connectivity index (χ3n) is 2.27. The fourth-order valence-corrected chi connectivity index (χ4v) is 1.31. The normalized spacial score (nSPS) is 17.8. The van der Waals surface area contributed by atoms with Crippen LogP contribution in [-0.4, -0.2) is 45.3 Å². The molecule has 0 aromatic heterocycles. The predicted molar refractivity (Wildman–Crippen MR) is 53.9 cm³/mol. The molecule has 0 aromatic carbocycles. The van der Waals surface area contributed by atoms with E-state index in [0.29, 0.717) is 6.42 Å². The fourth-order valence-electron chi connectivity index (χ4n) is 1.31. The Kier molecular flexibility index (Phi) is 8.08. The van der Waals surface area contributed by atoms with Crippen molar-refractivity contribution in [2.75, 3.05) is 6.61 Å². The highest BCUT2D eigenvalue weighted by Gasteiger charge is 2.19. The second-order valence-corrected chi connectivity index (χ2v) is 3.68. The highest BCUT2D eigenvalue weighted by molar-refractivity contribution is 4.71. The van der Waals surface area contributed by atoms with Crippen LogP contribution < -0.4 is 0 Å². The minimum atomic E-state index is -0.886. The maximum absolute atomic E-state index is 9.45. The fraction of sp³-hybridized carbons (Fsp3) is 1.00. The summed E-state index contributed by atoms with van der Waals surface area (Å²) in [6, 6.07) is 0. The quantitative estimate of drug-likeness (QED) is 0.452. The first-order chi connectivity index (χ1) is 6.61. The van der Waals surface area contributed by atoms with Gasteiger partial charge in [-0.05, 0) is 12.8 Å². The first-order valence-electron chi connectivity index (χ1n) is 5.26. The Hall–Kier alpha value is -0.160. The van der Waals surface area contributed by atoms with Crippen LogP contribution in [0.4, 0.5) is 0 Å². The van der Waals surface area contributed by atoms with Gasteiger partial charge in [-0.3, -0.25) is 0 Å². The Morgan fingerprint density at radius 3 is 2.14 bits per heavy atom. The van der Waals surface area contributed by atoms with Crippen molar-refractivity contribution in [1.82, 2.24) is 0 Å². The molecule has 0 amide bonds. The van der Waals surface area contributed by atoms with Gasteiger partial charge in [0.2, 0.25) is 0 Å². The molecule has 0 aromatic rings. The zero-order chi connectivity index (χ0) is 11.0. The lowest BCUT2D eigenvalue weighted by Crippen LogP contribution is -2.30. The summed E-state index contributed by atoms with van der Waals surface area (Å²) < 4.78 is 0. The van der Waals surface area contributed by atoms with Crippen LogP contribution in [0, 0.1) is 0 Å². The van der Waals surface area contributed by atoms with E-state index in [4.69, 9.17) is 5.11 Å². The van der Waals surface area contributed by atoms with Gasteiger partial charge in [0.1, 0.15) is 0 Å². The average molecular weight is 206 g/mol. The summed E-state index contributed by atoms with van der Waals surface area (Å²) in [4.78, 5) is 0. The van der Waals surface area contributed by atoms with E-state index in [9.17, 15) is 15.3 Å². The zero-order valence-electron chi connectivity index (χ0n) is 8.76. The number of aliphatic hydroxyl groups is 4. The molecule has 4 heteroatoms. The van der Waals surface area contributed by atoms with Crippen molar-refractivity contribution in [2.24, 2.45) is 0 Å². The van der Waals surface area contributed by atoms with Gasteiger partial charge < -0.3 is 20.4 Å². The van der Waals surface area contributed by atoms with E-state index in [0.717, 1.165) is 12.8 Å². The molecule has 3 atom stereocenters. The Morgan fingerprint density at radius 1 is 1.00 bits per heavy atom. The Morgan fingerprint density at radius 2 is 1.64 bits per heavy atom. The molecule has 86 valence electrons. The van der Waals surface area contributed by atoms with E-state index in [2.05, 4.69) is 0 Å². The van der Waals surface area contributed by atoms with E-state index < -0.39 is 18.3 Å². The second kappa shape index (κ2) is 8.17. The zero-order valence-corrected chi connectivity index (χ0v) is 8.76. The number of hydrogen-bond acceptors (Lipinski definition) is 4. The summed E-state index contributed by atoms with van der Waals surface area (Å²) in [6.07, 6.45) is 0.404. The van der Waals surface area contributed by atoms with Crippen LogP contribution in [0.2, 0.25) is 0 Å². The number of rotatable bonds is 8. The molecular formula is C10H22O4. The Balaban J connectivity index is 3.64. The monoisotopic (exact) mass is 206 g/mol. The second-order valence-electron chi connectivity index (χ2n) is 3.68. The molecule has 4 N–H and O–H groups in total. The molecule has 0 saturated carbocycles. The molecule has 0 rings (SSSR count). The Bertz CT molecular complexity index is 129. The predicted octanol–water partition coefficient (Wildman–Crippen LogP) is 0.0318. The summed E-state index contributed by atoms with van der Waals surface area (Å²) in [5.74, 6) is 0. The summed E-state index contributed by atoms with van der Waals surface area (Å²) in [5, 5.41) is 36.7. The molecule has 0 aliphatic carbocycles. The van der Waals surface area contributed by atoms with Crippen molar-refractivity contribution in [3.8, 4) is 0 Å². The van der Waals surface area contributed by atoms with Gasteiger partial charge in [-0.15, -0.1) is 0 Å². The van der Waals surface area contributed by atoms with Crippen molar-refractivity contribution in [3.05, 3.63) is 0 Å². The van der Waals surface area contributed by atoms with Crippen molar-refractivity contribution < 1.29 is 20.4 Å². The molecule has 0 spiro atoms. The van der Waals surface area contributed by atoms with Crippen LogP contribution in [0.25, 0.3) is 0 Å². The maximum atomic E-state index is 9.45. The van der Waals surface area contributed by atoms with E-state index in [1.54, 1.807) is 0 Å². The van der Waals surface area contributed by atoms with Crippen LogP contribution in [0.1, 0.15) is 39.0 Å². The number of hydrogen-bond donors (Lipinski definition) is 4. The number of aliphatic hydroxyl groups excluding tert-OH is 4. The first-order valence-corrected chi connectivity index (χ1v) is 5.26. The van der Waals surface area contributed by atoms with Gasteiger partial charge in [-0.1, -0.05) is 19.8 Å². The lowest BCUT2D eigenvalue weighted by molar-refractivity contribution is -0.0201. The third-order valence-corrected chi connectivity index (χ3v) is 2.27. The van der Waals surface area contributed by atoms with Crippen LogP contribution in [0.3, 0.4) is 0 Å². The summed E-state index contributed by atoms with van der Waals surface area (Å²) in [7, 11) is 0. The molecule has 3 unspecified atom stereocenters. The molecule has 14 heavy (non-hydrogen) atoms. The van der Waals surface area contributed by atoms with Crippen molar-refractivity contribution >= 4 is 0 Å². The van der Waals surface area contributed by atoms with E-state index in [-0.39, 0.29) is 19.4 Å². The van der Waals surface area contributed by atoms with Crippen LogP contribution >= 0.6 is 0 Å². The molecule has 0 heterocycles. The van der Waals surface area contributed by atoms with Crippen LogP contribution in [-0.2, 0) is 0 Å². The van der Waals surface area contributed by atoms with Gasteiger partial charge in [0.05, 0.1) is 18.3 Å². The third kappa shape index (κ3) is 6.32. The highest BCUT2D eigenvalue weighted by Crippen LogP contribution is 2.11. The van der Waals surface area contributed by atoms with Gasteiger partial charge in [0.25, 0.3) is 0 Å². The van der Waals surface area contributed by atoms with Gasteiger partial charge in [0.15, 0.2) is 0 Å². The van der Waals surface area contributed by atoms with Gasteiger partial charge in [-0.25, -0.2) is 0 Å². The van der Waals surface area contributed by atoms with Crippen molar-refractivity contribution in [1.29, 1.82) is 0 Å². The minimum Gasteiger partial charge on any atom is -0.396 e. The topological polar surface area (TPSA) is 80.9 Å². The molecule has 0 aliphatic heterocycles. The molecule has 0 aliphatic rings. The smallest absolute Gasteiger partial charge is 0.0823 e. The molecular weight excluding hydrogens is 184 g/mol. The number of unbranched alkanes of at least 4 members (excludes halogenated alkanes) is 1. The van der Waals surface area contributed by atoms with E-state index >= 15 is 0 Å².